The van der Waals surface area contributed by atoms with Crippen molar-refractivity contribution in [3.05, 3.63) is 83.4 Å². The lowest BCUT2D eigenvalue weighted by atomic mass is 9.71. The zero-order valence-electron chi connectivity index (χ0n) is 16.4. The van der Waals surface area contributed by atoms with Crippen LogP contribution in [0.25, 0.3) is 10.8 Å². The van der Waals surface area contributed by atoms with E-state index in [-0.39, 0.29) is 11.7 Å². The normalized spacial score (nSPS) is 19.3. The third-order valence-electron chi connectivity index (χ3n) is 5.29. The Morgan fingerprint density at radius 2 is 1.61 bits per heavy atom. The van der Waals surface area contributed by atoms with E-state index in [9.17, 15) is 9.59 Å². The van der Waals surface area contributed by atoms with Crippen molar-refractivity contribution in [3.8, 4) is 0 Å². The van der Waals surface area contributed by atoms with Crippen molar-refractivity contribution >= 4 is 22.5 Å². The second kappa shape index (κ2) is 6.90. The number of hydrogen-bond donors (Lipinski definition) is 0. The van der Waals surface area contributed by atoms with Gasteiger partial charge in [0.2, 0.25) is 0 Å². The van der Waals surface area contributed by atoms with Gasteiger partial charge in [-0.3, -0.25) is 9.59 Å². The van der Waals surface area contributed by atoms with Crippen molar-refractivity contribution in [2.45, 2.75) is 38.7 Å². The molecule has 28 heavy (non-hydrogen) atoms. The lowest BCUT2D eigenvalue weighted by Crippen LogP contribution is -2.40. The Balaban J connectivity index is 1.87. The second-order valence-corrected chi connectivity index (χ2v) is 8.41. The molecule has 0 saturated heterocycles. The standard InChI is InChI=1S/C25H24O3/c1-25(2,3)28-24(27)22-21(15-17-10-5-7-13-19(17)23(22)26)20-14-8-11-16-9-4-6-12-18(16)20/h4-14,21-22H,15H2,1-3H3/t21-,22?/m0/s1. The van der Waals surface area contributed by atoms with Gasteiger partial charge in [-0.2, -0.15) is 0 Å². The minimum Gasteiger partial charge on any atom is -0.459 e. The van der Waals surface area contributed by atoms with Gasteiger partial charge in [0.05, 0.1) is 0 Å². The van der Waals surface area contributed by atoms with Crippen LogP contribution in [0.2, 0.25) is 0 Å². The summed E-state index contributed by atoms with van der Waals surface area (Å²) in [5.41, 5.74) is 2.01. The van der Waals surface area contributed by atoms with Crippen molar-refractivity contribution < 1.29 is 14.3 Å². The van der Waals surface area contributed by atoms with Crippen LogP contribution >= 0.6 is 0 Å². The zero-order valence-corrected chi connectivity index (χ0v) is 16.4. The molecule has 2 atom stereocenters. The van der Waals surface area contributed by atoms with Crippen LogP contribution in [0.15, 0.2) is 66.7 Å². The van der Waals surface area contributed by atoms with Crippen LogP contribution in [0.1, 0.15) is 48.2 Å². The second-order valence-electron chi connectivity index (χ2n) is 8.41. The lowest BCUT2D eigenvalue weighted by molar-refractivity contribution is -0.158. The molecular weight excluding hydrogens is 348 g/mol. The predicted octanol–water partition coefficient (Wildman–Crippen LogP) is 5.32. The molecule has 0 amide bonds. The fourth-order valence-electron chi connectivity index (χ4n) is 4.14. The maximum atomic E-state index is 13.4. The summed E-state index contributed by atoms with van der Waals surface area (Å²) in [5, 5.41) is 2.19. The SMILES string of the molecule is CC(C)(C)OC(=O)C1C(=O)c2ccccc2C[C@H]1c1cccc2ccccc12. The van der Waals surface area contributed by atoms with Gasteiger partial charge in [-0.25, -0.2) is 0 Å². The maximum absolute atomic E-state index is 13.4. The topological polar surface area (TPSA) is 43.4 Å². The van der Waals surface area contributed by atoms with Crippen molar-refractivity contribution in [1.82, 2.24) is 0 Å². The van der Waals surface area contributed by atoms with Crippen molar-refractivity contribution in [1.29, 1.82) is 0 Å². The Morgan fingerprint density at radius 3 is 2.39 bits per heavy atom. The Labute approximate surface area is 165 Å². The molecule has 4 rings (SSSR count). The molecule has 0 spiro atoms. The quantitative estimate of drug-likeness (QED) is 0.452. The van der Waals surface area contributed by atoms with E-state index in [1.54, 1.807) is 0 Å². The molecule has 1 aliphatic rings. The molecule has 3 nitrogen and oxygen atoms in total. The van der Waals surface area contributed by atoms with Crippen LogP contribution < -0.4 is 0 Å². The average Bonchev–Trinajstić information content (AvgIpc) is 2.66. The summed E-state index contributed by atoms with van der Waals surface area (Å²) >= 11 is 0. The van der Waals surface area contributed by atoms with Gasteiger partial charge in [-0.1, -0.05) is 66.7 Å². The molecule has 0 bridgehead atoms. The molecule has 0 aliphatic heterocycles. The van der Waals surface area contributed by atoms with E-state index >= 15 is 0 Å². The molecule has 0 N–H and O–H groups in total. The maximum Gasteiger partial charge on any atom is 0.318 e. The van der Waals surface area contributed by atoms with Gasteiger partial charge in [-0.05, 0) is 49.1 Å². The summed E-state index contributed by atoms with van der Waals surface area (Å²) in [6.07, 6.45) is 0.639. The van der Waals surface area contributed by atoms with Gasteiger partial charge < -0.3 is 4.74 Å². The first kappa shape index (κ1) is 18.4. The third-order valence-corrected chi connectivity index (χ3v) is 5.29. The zero-order chi connectivity index (χ0) is 19.9. The first-order valence-electron chi connectivity index (χ1n) is 9.68. The van der Waals surface area contributed by atoms with Crippen molar-refractivity contribution in [2.24, 2.45) is 5.92 Å². The molecule has 1 unspecified atom stereocenters. The van der Waals surface area contributed by atoms with E-state index < -0.39 is 17.5 Å². The van der Waals surface area contributed by atoms with Crippen LogP contribution in [0.3, 0.4) is 0 Å². The van der Waals surface area contributed by atoms with Crippen LogP contribution in [-0.2, 0) is 16.0 Å². The van der Waals surface area contributed by atoms with E-state index in [0.29, 0.717) is 12.0 Å². The number of fused-ring (bicyclic) bond motifs is 2. The molecule has 3 aromatic rings. The van der Waals surface area contributed by atoms with Gasteiger partial charge in [0.15, 0.2) is 5.78 Å². The molecule has 3 heteroatoms. The van der Waals surface area contributed by atoms with E-state index in [2.05, 4.69) is 18.2 Å². The molecule has 0 saturated carbocycles. The summed E-state index contributed by atoms with van der Waals surface area (Å²) < 4.78 is 5.67. The number of esters is 1. The average molecular weight is 372 g/mol. The van der Waals surface area contributed by atoms with Crippen LogP contribution in [-0.4, -0.2) is 17.4 Å². The minimum absolute atomic E-state index is 0.144. The van der Waals surface area contributed by atoms with E-state index in [1.807, 2.05) is 69.3 Å². The highest BCUT2D eigenvalue weighted by molar-refractivity contribution is 6.11. The Kier molecular flexibility index (Phi) is 4.54. The Morgan fingerprint density at radius 1 is 0.929 bits per heavy atom. The summed E-state index contributed by atoms with van der Waals surface area (Å²) in [5.74, 6) is -1.66. The fourth-order valence-corrected chi connectivity index (χ4v) is 4.14. The van der Waals surface area contributed by atoms with Gasteiger partial charge in [-0.15, -0.1) is 0 Å². The predicted molar refractivity (Wildman–Crippen MR) is 111 cm³/mol. The molecular formula is C25H24O3. The van der Waals surface area contributed by atoms with E-state index in [0.717, 1.165) is 21.9 Å². The molecule has 0 radical (unpaired) electrons. The molecule has 0 heterocycles. The van der Waals surface area contributed by atoms with E-state index in [1.165, 1.54) is 0 Å². The Bertz CT molecular complexity index is 1050. The van der Waals surface area contributed by atoms with E-state index in [4.69, 9.17) is 4.74 Å². The number of rotatable bonds is 2. The Hall–Kier alpha value is -2.94. The summed E-state index contributed by atoms with van der Waals surface area (Å²) in [6.45, 7) is 5.50. The number of carbonyl (C=O) groups is 2. The first-order valence-corrected chi connectivity index (χ1v) is 9.68. The van der Waals surface area contributed by atoms with Gasteiger partial charge in [0.25, 0.3) is 0 Å². The summed E-state index contributed by atoms with van der Waals surface area (Å²) in [6, 6.07) is 21.8. The molecule has 142 valence electrons. The van der Waals surface area contributed by atoms with Crippen LogP contribution in [0, 0.1) is 5.92 Å². The number of benzene rings is 3. The molecule has 0 fully saturated rings. The largest absolute Gasteiger partial charge is 0.459 e. The fraction of sp³-hybridized carbons (Fsp3) is 0.280. The summed E-state index contributed by atoms with van der Waals surface area (Å²) in [4.78, 5) is 26.5. The van der Waals surface area contributed by atoms with Gasteiger partial charge in [0.1, 0.15) is 11.5 Å². The number of ether oxygens (including phenoxy) is 1. The van der Waals surface area contributed by atoms with Gasteiger partial charge in [0, 0.05) is 11.5 Å². The highest BCUT2D eigenvalue weighted by Crippen LogP contribution is 2.40. The third kappa shape index (κ3) is 3.33. The smallest absolute Gasteiger partial charge is 0.318 e. The van der Waals surface area contributed by atoms with Gasteiger partial charge >= 0.3 is 5.97 Å². The highest BCUT2D eigenvalue weighted by Gasteiger charge is 2.43. The van der Waals surface area contributed by atoms with Crippen molar-refractivity contribution in [2.75, 3.05) is 0 Å². The lowest BCUT2D eigenvalue weighted by Gasteiger charge is -2.33. The monoisotopic (exact) mass is 372 g/mol. The minimum atomic E-state index is -0.833. The van der Waals surface area contributed by atoms with Crippen molar-refractivity contribution in [3.63, 3.8) is 0 Å². The van der Waals surface area contributed by atoms with Crippen LogP contribution in [0.4, 0.5) is 0 Å². The number of Topliss-reactive ketones (excluding diaryl/α,β-unsaturated/α-hetero) is 1. The highest BCUT2D eigenvalue weighted by atomic mass is 16.6. The van der Waals surface area contributed by atoms with Crippen LogP contribution in [0.5, 0.6) is 0 Å². The molecule has 1 aliphatic carbocycles. The number of ketones is 1. The number of carbonyl (C=O) groups excluding carboxylic acids is 2. The molecule has 0 aromatic heterocycles. The molecule has 3 aromatic carbocycles. The number of hydrogen-bond acceptors (Lipinski definition) is 3. The first-order chi connectivity index (χ1) is 13.3. The summed E-state index contributed by atoms with van der Waals surface area (Å²) in [7, 11) is 0.